The highest BCUT2D eigenvalue weighted by molar-refractivity contribution is 5.95. The number of anilines is 1. The SMILES string of the molecule is COc1ccc(F)c(NC(=O)C(C)(C)CN)c1. The van der Waals surface area contributed by atoms with Crippen molar-refractivity contribution >= 4 is 11.6 Å². The van der Waals surface area contributed by atoms with Gasteiger partial charge in [-0.1, -0.05) is 0 Å². The Kier molecular flexibility index (Phi) is 4.07. The quantitative estimate of drug-likeness (QED) is 0.842. The van der Waals surface area contributed by atoms with Crippen LogP contribution in [0.3, 0.4) is 0 Å². The second-order valence-corrected chi connectivity index (χ2v) is 4.39. The molecule has 0 radical (unpaired) electrons. The summed E-state index contributed by atoms with van der Waals surface area (Å²) in [5.74, 6) is -0.355. The van der Waals surface area contributed by atoms with Crippen LogP contribution >= 0.6 is 0 Å². The highest BCUT2D eigenvalue weighted by atomic mass is 19.1. The smallest absolute Gasteiger partial charge is 0.231 e. The molecule has 0 aliphatic heterocycles. The van der Waals surface area contributed by atoms with Crippen molar-refractivity contribution in [3.8, 4) is 5.75 Å². The molecule has 0 aliphatic rings. The Balaban J connectivity index is 2.91. The second kappa shape index (κ2) is 5.14. The first-order valence-electron chi connectivity index (χ1n) is 5.26. The molecule has 0 unspecified atom stereocenters. The van der Waals surface area contributed by atoms with Gasteiger partial charge in [0.25, 0.3) is 0 Å². The molecule has 0 saturated carbocycles. The van der Waals surface area contributed by atoms with E-state index in [-0.39, 0.29) is 18.1 Å². The van der Waals surface area contributed by atoms with E-state index >= 15 is 0 Å². The Morgan fingerprint density at radius 3 is 2.71 bits per heavy atom. The Bertz CT molecular complexity index is 419. The molecule has 1 aromatic rings. The van der Waals surface area contributed by atoms with E-state index in [4.69, 9.17) is 10.5 Å². The van der Waals surface area contributed by atoms with Crippen LogP contribution in [0.15, 0.2) is 18.2 Å². The van der Waals surface area contributed by atoms with Crippen molar-refractivity contribution in [3.63, 3.8) is 0 Å². The fourth-order valence-corrected chi connectivity index (χ4v) is 1.11. The van der Waals surface area contributed by atoms with Crippen LogP contribution in [0.5, 0.6) is 5.75 Å². The van der Waals surface area contributed by atoms with Crippen LogP contribution in [0.4, 0.5) is 10.1 Å². The van der Waals surface area contributed by atoms with Crippen molar-refractivity contribution in [2.45, 2.75) is 13.8 Å². The number of halogens is 1. The number of hydrogen-bond donors (Lipinski definition) is 2. The van der Waals surface area contributed by atoms with E-state index in [1.165, 1.54) is 25.3 Å². The van der Waals surface area contributed by atoms with Gasteiger partial charge in [-0.15, -0.1) is 0 Å². The Hall–Kier alpha value is -1.62. The van der Waals surface area contributed by atoms with Gasteiger partial charge in [0, 0.05) is 12.6 Å². The van der Waals surface area contributed by atoms with Crippen LogP contribution in [-0.2, 0) is 4.79 Å². The van der Waals surface area contributed by atoms with Crippen molar-refractivity contribution < 1.29 is 13.9 Å². The number of rotatable bonds is 4. The van der Waals surface area contributed by atoms with Gasteiger partial charge >= 0.3 is 0 Å². The summed E-state index contributed by atoms with van der Waals surface area (Å²) in [5, 5.41) is 2.50. The molecule has 3 N–H and O–H groups in total. The number of ether oxygens (including phenoxy) is 1. The molecule has 0 saturated heterocycles. The van der Waals surface area contributed by atoms with Gasteiger partial charge in [-0.3, -0.25) is 4.79 Å². The van der Waals surface area contributed by atoms with Gasteiger partial charge in [0.1, 0.15) is 11.6 Å². The summed E-state index contributed by atoms with van der Waals surface area (Å²) in [6.07, 6.45) is 0. The average molecular weight is 240 g/mol. The number of benzene rings is 1. The number of nitrogens with one attached hydrogen (secondary N) is 1. The fourth-order valence-electron chi connectivity index (χ4n) is 1.11. The van der Waals surface area contributed by atoms with E-state index in [0.29, 0.717) is 5.75 Å². The molecule has 0 aromatic heterocycles. The topological polar surface area (TPSA) is 64.3 Å². The first-order valence-corrected chi connectivity index (χ1v) is 5.26. The zero-order chi connectivity index (χ0) is 13.1. The van der Waals surface area contributed by atoms with Crippen molar-refractivity contribution in [1.82, 2.24) is 0 Å². The summed E-state index contributed by atoms with van der Waals surface area (Å²) >= 11 is 0. The van der Waals surface area contributed by atoms with Crippen LogP contribution in [0.1, 0.15) is 13.8 Å². The zero-order valence-corrected chi connectivity index (χ0v) is 10.2. The molecule has 0 spiro atoms. The van der Waals surface area contributed by atoms with E-state index in [2.05, 4.69) is 5.32 Å². The van der Waals surface area contributed by atoms with E-state index in [9.17, 15) is 9.18 Å². The third kappa shape index (κ3) is 3.17. The first-order chi connectivity index (χ1) is 7.90. The molecule has 5 heteroatoms. The van der Waals surface area contributed by atoms with Crippen LogP contribution in [0.25, 0.3) is 0 Å². The standard InChI is InChI=1S/C12H17FN2O2/c1-12(2,7-14)11(16)15-10-6-8(17-3)4-5-9(10)13/h4-6H,7,14H2,1-3H3,(H,15,16). The molecule has 94 valence electrons. The van der Waals surface area contributed by atoms with Crippen molar-refractivity contribution in [2.75, 3.05) is 19.0 Å². The molecule has 0 heterocycles. The molecule has 4 nitrogen and oxygen atoms in total. The van der Waals surface area contributed by atoms with Gasteiger partial charge in [0.2, 0.25) is 5.91 Å². The number of hydrogen-bond acceptors (Lipinski definition) is 3. The summed E-state index contributed by atoms with van der Waals surface area (Å²) in [6.45, 7) is 3.57. The Morgan fingerprint density at radius 2 is 2.18 bits per heavy atom. The molecule has 1 aromatic carbocycles. The minimum absolute atomic E-state index is 0.0934. The van der Waals surface area contributed by atoms with Crippen LogP contribution in [0.2, 0.25) is 0 Å². The minimum Gasteiger partial charge on any atom is -0.497 e. The monoisotopic (exact) mass is 240 g/mol. The highest BCUT2D eigenvalue weighted by Crippen LogP contribution is 2.23. The summed E-state index contributed by atoms with van der Waals surface area (Å²) in [7, 11) is 1.47. The third-order valence-corrected chi connectivity index (χ3v) is 2.55. The van der Waals surface area contributed by atoms with Gasteiger partial charge < -0.3 is 15.8 Å². The maximum atomic E-state index is 13.5. The summed E-state index contributed by atoms with van der Waals surface area (Å²) in [5.41, 5.74) is 4.83. The first kappa shape index (κ1) is 13.4. The van der Waals surface area contributed by atoms with Crippen molar-refractivity contribution in [3.05, 3.63) is 24.0 Å². The maximum absolute atomic E-state index is 13.5. The van der Waals surface area contributed by atoms with E-state index in [0.717, 1.165) is 0 Å². The van der Waals surface area contributed by atoms with E-state index in [1.54, 1.807) is 13.8 Å². The largest absolute Gasteiger partial charge is 0.497 e. The van der Waals surface area contributed by atoms with Gasteiger partial charge in [0.05, 0.1) is 18.2 Å². The van der Waals surface area contributed by atoms with E-state index in [1.807, 2.05) is 0 Å². The molecule has 0 aliphatic carbocycles. The zero-order valence-electron chi connectivity index (χ0n) is 10.2. The molecule has 1 amide bonds. The lowest BCUT2D eigenvalue weighted by atomic mass is 9.92. The molecule has 0 atom stereocenters. The molecule has 17 heavy (non-hydrogen) atoms. The lowest BCUT2D eigenvalue weighted by molar-refractivity contribution is -0.123. The summed E-state index contributed by atoms with van der Waals surface area (Å²) in [4.78, 5) is 11.8. The van der Waals surface area contributed by atoms with Gasteiger partial charge in [0.15, 0.2) is 0 Å². The average Bonchev–Trinajstić information content (AvgIpc) is 2.31. The normalized spacial score (nSPS) is 11.1. The molecule has 0 bridgehead atoms. The predicted octanol–water partition coefficient (Wildman–Crippen LogP) is 1.76. The van der Waals surface area contributed by atoms with Crippen molar-refractivity contribution in [1.29, 1.82) is 0 Å². The van der Waals surface area contributed by atoms with Crippen LogP contribution in [-0.4, -0.2) is 19.6 Å². The molecular formula is C12H17FN2O2. The lowest BCUT2D eigenvalue weighted by Gasteiger charge is -2.21. The Morgan fingerprint density at radius 1 is 1.53 bits per heavy atom. The van der Waals surface area contributed by atoms with Crippen LogP contribution in [0, 0.1) is 11.2 Å². The lowest BCUT2D eigenvalue weighted by Crippen LogP contribution is -2.37. The summed E-state index contributed by atoms with van der Waals surface area (Å²) < 4.78 is 18.4. The number of methoxy groups -OCH3 is 1. The number of carbonyl (C=O) groups excluding carboxylic acids is 1. The van der Waals surface area contributed by atoms with Gasteiger partial charge in [-0.25, -0.2) is 4.39 Å². The van der Waals surface area contributed by atoms with E-state index < -0.39 is 11.2 Å². The maximum Gasteiger partial charge on any atom is 0.231 e. The fraction of sp³-hybridized carbons (Fsp3) is 0.417. The van der Waals surface area contributed by atoms with Gasteiger partial charge in [-0.2, -0.15) is 0 Å². The number of amides is 1. The number of carbonyl (C=O) groups is 1. The summed E-state index contributed by atoms with van der Waals surface area (Å²) in [6, 6.07) is 4.16. The third-order valence-electron chi connectivity index (χ3n) is 2.55. The predicted molar refractivity (Wildman–Crippen MR) is 64.4 cm³/mol. The molecule has 1 rings (SSSR count). The molecular weight excluding hydrogens is 223 g/mol. The second-order valence-electron chi connectivity index (χ2n) is 4.39. The number of nitrogens with two attached hydrogens (primary N) is 1. The van der Waals surface area contributed by atoms with Crippen molar-refractivity contribution in [2.24, 2.45) is 11.1 Å². The highest BCUT2D eigenvalue weighted by Gasteiger charge is 2.26. The molecule has 0 fully saturated rings. The minimum atomic E-state index is -0.741. The van der Waals surface area contributed by atoms with Crippen LogP contribution < -0.4 is 15.8 Å². The van der Waals surface area contributed by atoms with Gasteiger partial charge in [-0.05, 0) is 26.0 Å². The Labute approximate surface area is 100.0 Å².